The van der Waals surface area contributed by atoms with Gasteiger partial charge in [-0.05, 0) is 29.3 Å². The van der Waals surface area contributed by atoms with Gasteiger partial charge in [-0.3, -0.25) is 4.79 Å². The van der Waals surface area contributed by atoms with E-state index in [9.17, 15) is 18.0 Å². The van der Waals surface area contributed by atoms with Gasteiger partial charge in [0.15, 0.2) is 0 Å². The predicted molar refractivity (Wildman–Crippen MR) is 72.8 cm³/mol. The van der Waals surface area contributed by atoms with E-state index in [4.69, 9.17) is 4.74 Å². The van der Waals surface area contributed by atoms with E-state index in [0.29, 0.717) is 5.56 Å². The molecule has 0 amide bonds. The minimum atomic E-state index is -4.44. The lowest BCUT2D eigenvalue weighted by Gasteiger charge is -2.13. The van der Waals surface area contributed by atoms with Crippen LogP contribution in [0.5, 0.6) is 5.75 Å². The molecular formula is C16H13F3O2. The lowest BCUT2D eigenvalue weighted by atomic mass is 9.99. The van der Waals surface area contributed by atoms with Gasteiger partial charge in [0.25, 0.3) is 0 Å². The molecule has 110 valence electrons. The van der Waals surface area contributed by atoms with Gasteiger partial charge in [-0.1, -0.05) is 37.3 Å². The SMILES string of the molecule is CCC(=O)Oc1cccc(-c2ccccc2C(F)(F)F)c1. The minimum Gasteiger partial charge on any atom is -0.427 e. The second kappa shape index (κ2) is 5.99. The molecule has 0 spiro atoms. The van der Waals surface area contributed by atoms with Crippen LogP contribution in [0.2, 0.25) is 0 Å². The smallest absolute Gasteiger partial charge is 0.417 e. The molecule has 0 atom stereocenters. The highest BCUT2D eigenvalue weighted by molar-refractivity contribution is 5.74. The molecule has 0 bridgehead atoms. The zero-order chi connectivity index (χ0) is 15.5. The highest BCUT2D eigenvalue weighted by Gasteiger charge is 2.33. The van der Waals surface area contributed by atoms with Crippen molar-refractivity contribution in [2.24, 2.45) is 0 Å². The lowest BCUT2D eigenvalue weighted by molar-refractivity contribution is -0.137. The van der Waals surface area contributed by atoms with Crippen molar-refractivity contribution in [2.75, 3.05) is 0 Å². The molecule has 5 heteroatoms. The fourth-order valence-corrected chi connectivity index (χ4v) is 1.91. The van der Waals surface area contributed by atoms with Crippen molar-refractivity contribution in [2.45, 2.75) is 19.5 Å². The topological polar surface area (TPSA) is 26.3 Å². The molecule has 0 radical (unpaired) electrons. The summed E-state index contributed by atoms with van der Waals surface area (Å²) in [5.41, 5.74) is -0.312. The first kappa shape index (κ1) is 15.1. The van der Waals surface area contributed by atoms with Gasteiger partial charge >= 0.3 is 12.1 Å². The van der Waals surface area contributed by atoms with Gasteiger partial charge in [0.2, 0.25) is 0 Å². The van der Waals surface area contributed by atoms with E-state index in [0.717, 1.165) is 6.07 Å². The number of halogens is 3. The van der Waals surface area contributed by atoms with Crippen LogP contribution in [0.4, 0.5) is 13.2 Å². The second-order valence-electron chi connectivity index (χ2n) is 4.40. The summed E-state index contributed by atoms with van der Waals surface area (Å²) in [7, 11) is 0. The number of alkyl halides is 3. The van der Waals surface area contributed by atoms with Crippen LogP contribution in [0.25, 0.3) is 11.1 Å². The third-order valence-electron chi connectivity index (χ3n) is 2.90. The number of esters is 1. The molecule has 0 saturated carbocycles. The van der Waals surface area contributed by atoms with Gasteiger partial charge in [0.1, 0.15) is 5.75 Å². The highest BCUT2D eigenvalue weighted by Crippen LogP contribution is 2.37. The molecule has 2 rings (SSSR count). The Morgan fingerprint density at radius 2 is 1.81 bits per heavy atom. The van der Waals surface area contributed by atoms with Crippen LogP contribution < -0.4 is 4.74 Å². The second-order valence-corrected chi connectivity index (χ2v) is 4.40. The molecule has 0 saturated heterocycles. The van der Waals surface area contributed by atoms with E-state index >= 15 is 0 Å². The van der Waals surface area contributed by atoms with E-state index < -0.39 is 17.7 Å². The first-order chi connectivity index (χ1) is 9.91. The Bertz CT molecular complexity index is 648. The van der Waals surface area contributed by atoms with Crippen molar-refractivity contribution in [1.29, 1.82) is 0 Å². The quantitative estimate of drug-likeness (QED) is 0.606. The molecule has 0 aromatic heterocycles. The van der Waals surface area contributed by atoms with Gasteiger partial charge in [-0.15, -0.1) is 0 Å². The van der Waals surface area contributed by atoms with Gasteiger partial charge in [-0.2, -0.15) is 13.2 Å². The molecular weight excluding hydrogens is 281 g/mol. The van der Waals surface area contributed by atoms with Crippen molar-refractivity contribution in [1.82, 2.24) is 0 Å². The molecule has 2 aromatic rings. The molecule has 0 aliphatic rings. The fraction of sp³-hybridized carbons (Fsp3) is 0.188. The maximum absolute atomic E-state index is 13.0. The maximum Gasteiger partial charge on any atom is 0.417 e. The highest BCUT2D eigenvalue weighted by atomic mass is 19.4. The Morgan fingerprint density at radius 1 is 1.10 bits per heavy atom. The predicted octanol–water partition coefficient (Wildman–Crippen LogP) is 4.69. The molecule has 0 unspecified atom stereocenters. The largest absolute Gasteiger partial charge is 0.427 e. The molecule has 0 aliphatic carbocycles. The zero-order valence-electron chi connectivity index (χ0n) is 11.3. The molecule has 2 nitrogen and oxygen atoms in total. The summed E-state index contributed by atoms with van der Waals surface area (Å²) in [6, 6.07) is 11.4. The Hall–Kier alpha value is -2.30. The summed E-state index contributed by atoms with van der Waals surface area (Å²) in [5.74, 6) is -0.201. The summed E-state index contributed by atoms with van der Waals surface area (Å²) in [4.78, 5) is 11.3. The number of hydrogen-bond acceptors (Lipinski definition) is 2. The van der Waals surface area contributed by atoms with E-state index in [2.05, 4.69) is 0 Å². The zero-order valence-corrected chi connectivity index (χ0v) is 11.3. The summed E-state index contributed by atoms with van der Waals surface area (Å²) >= 11 is 0. The summed E-state index contributed by atoms with van der Waals surface area (Å²) < 4.78 is 44.1. The van der Waals surface area contributed by atoms with Crippen molar-refractivity contribution in [3.8, 4) is 16.9 Å². The van der Waals surface area contributed by atoms with Gasteiger partial charge in [0.05, 0.1) is 5.56 Å². The number of rotatable bonds is 3. The first-order valence-electron chi connectivity index (χ1n) is 6.39. The average Bonchev–Trinajstić information content (AvgIpc) is 2.46. The van der Waals surface area contributed by atoms with Gasteiger partial charge < -0.3 is 4.74 Å². The van der Waals surface area contributed by atoms with Crippen LogP contribution in [-0.2, 0) is 11.0 Å². The lowest BCUT2D eigenvalue weighted by Crippen LogP contribution is -2.07. The van der Waals surface area contributed by atoms with Gasteiger partial charge in [0, 0.05) is 6.42 Å². The van der Waals surface area contributed by atoms with E-state index in [1.807, 2.05) is 0 Å². The summed E-state index contributed by atoms with van der Waals surface area (Å²) in [6.45, 7) is 1.64. The number of ether oxygens (including phenoxy) is 1. The first-order valence-corrected chi connectivity index (χ1v) is 6.39. The van der Waals surface area contributed by atoms with E-state index in [1.54, 1.807) is 19.1 Å². The summed E-state index contributed by atoms with van der Waals surface area (Å²) in [6.07, 6.45) is -4.24. The molecule has 0 heterocycles. The molecule has 0 fully saturated rings. The van der Waals surface area contributed by atoms with Gasteiger partial charge in [-0.25, -0.2) is 0 Å². The molecule has 2 aromatic carbocycles. The third kappa shape index (κ3) is 3.62. The Kier molecular flexibility index (Phi) is 4.31. The van der Waals surface area contributed by atoms with Crippen LogP contribution in [0.1, 0.15) is 18.9 Å². The molecule has 21 heavy (non-hydrogen) atoms. The van der Waals surface area contributed by atoms with E-state index in [1.165, 1.54) is 30.3 Å². The molecule has 0 aliphatic heterocycles. The standard InChI is InChI=1S/C16H13F3O2/c1-2-15(20)21-12-7-5-6-11(10-12)13-8-3-4-9-14(13)16(17,18)19/h3-10H,2H2,1H3. The monoisotopic (exact) mass is 294 g/mol. The Morgan fingerprint density at radius 3 is 2.48 bits per heavy atom. The van der Waals surface area contributed by atoms with Crippen molar-refractivity contribution in [3.63, 3.8) is 0 Å². The van der Waals surface area contributed by atoms with Crippen LogP contribution in [-0.4, -0.2) is 5.97 Å². The van der Waals surface area contributed by atoms with Crippen molar-refractivity contribution >= 4 is 5.97 Å². The van der Waals surface area contributed by atoms with E-state index in [-0.39, 0.29) is 17.7 Å². The number of carbonyl (C=O) groups is 1. The van der Waals surface area contributed by atoms with Crippen LogP contribution in [0, 0.1) is 0 Å². The normalized spacial score (nSPS) is 11.2. The van der Waals surface area contributed by atoms with Crippen molar-refractivity contribution in [3.05, 3.63) is 54.1 Å². The third-order valence-corrected chi connectivity index (χ3v) is 2.90. The molecule has 0 N–H and O–H groups in total. The Balaban J connectivity index is 2.44. The van der Waals surface area contributed by atoms with Crippen LogP contribution in [0.15, 0.2) is 48.5 Å². The van der Waals surface area contributed by atoms with Crippen molar-refractivity contribution < 1.29 is 22.7 Å². The number of benzene rings is 2. The number of carbonyl (C=O) groups excluding carboxylic acids is 1. The van der Waals surface area contributed by atoms with Crippen LogP contribution >= 0.6 is 0 Å². The Labute approximate surface area is 120 Å². The van der Waals surface area contributed by atoms with Crippen LogP contribution in [0.3, 0.4) is 0 Å². The summed E-state index contributed by atoms with van der Waals surface area (Å²) in [5, 5.41) is 0. The minimum absolute atomic E-state index is 0.0550. The average molecular weight is 294 g/mol. The number of hydrogen-bond donors (Lipinski definition) is 0. The fourth-order valence-electron chi connectivity index (χ4n) is 1.91. The maximum atomic E-state index is 13.0.